The highest BCUT2D eigenvalue weighted by atomic mass is 35.5. The molecule has 0 radical (unpaired) electrons. The van der Waals surface area contributed by atoms with Crippen molar-refractivity contribution in [1.82, 2.24) is 5.32 Å². The van der Waals surface area contributed by atoms with Crippen molar-refractivity contribution in [1.29, 1.82) is 0 Å². The standard InChI is InChI=1S/C20H20ClN/c1-22-14-19(20(21)16-8-3-2-4-9-16)18-12-11-15-7-5-6-10-17(15)13-18/h2-13,19-20,22H,14H2,1H3/t19?,20-/m1/s1. The molecule has 1 N–H and O–H groups in total. The fraction of sp³-hybridized carbons (Fsp3) is 0.200. The summed E-state index contributed by atoms with van der Waals surface area (Å²) >= 11 is 6.80. The number of hydrogen-bond acceptors (Lipinski definition) is 1. The molecule has 0 aliphatic carbocycles. The largest absolute Gasteiger partial charge is 0.319 e. The average Bonchev–Trinajstić information content (AvgIpc) is 2.59. The van der Waals surface area contributed by atoms with Gasteiger partial charge < -0.3 is 5.32 Å². The number of halogens is 1. The lowest BCUT2D eigenvalue weighted by Crippen LogP contribution is -2.21. The maximum Gasteiger partial charge on any atom is 0.0665 e. The van der Waals surface area contributed by atoms with Crippen LogP contribution in [-0.4, -0.2) is 13.6 Å². The first kappa shape index (κ1) is 15.1. The van der Waals surface area contributed by atoms with E-state index in [1.165, 1.54) is 16.3 Å². The molecule has 112 valence electrons. The monoisotopic (exact) mass is 309 g/mol. The molecule has 0 fully saturated rings. The normalized spacial score (nSPS) is 13.9. The Kier molecular flexibility index (Phi) is 4.77. The average molecular weight is 310 g/mol. The summed E-state index contributed by atoms with van der Waals surface area (Å²) in [7, 11) is 1.97. The van der Waals surface area contributed by atoms with E-state index in [4.69, 9.17) is 11.6 Å². The van der Waals surface area contributed by atoms with E-state index in [-0.39, 0.29) is 11.3 Å². The fourth-order valence-corrected chi connectivity index (χ4v) is 3.30. The van der Waals surface area contributed by atoms with Gasteiger partial charge in [0.2, 0.25) is 0 Å². The van der Waals surface area contributed by atoms with Crippen molar-refractivity contribution < 1.29 is 0 Å². The Morgan fingerprint density at radius 3 is 2.23 bits per heavy atom. The molecule has 0 aromatic heterocycles. The van der Waals surface area contributed by atoms with Gasteiger partial charge in [-0.15, -0.1) is 11.6 Å². The van der Waals surface area contributed by atoms with Crippen LogP contribution in [0.5, 0.6) is 0 Å². The first-order chi connectivity index (χ1) is 10.8. The molecule has 1 nitrogen and oxygen atoms in total. The van der Waals surface area contributed by atoms with Crippen molar-refractivity contribution in [2.24, 2.45) is 0 Å². The van der Waals surface area contributed by atoms with Gasteiger partial charge in [-0.25, -0.2) is 0 Å². The van der Waals surface area contributed by atoms with Crippen LogP contribution in [0.4, 0.5) is 0 Å². The minimum atomic E-state index is -0.0465. The van der Waals surface area contributed by atoms with Gasteiger partial charge in [0, 0.05) is 12.5 Å². The van der Waals surface area contributed by atoms with Gasteiger partial charge in [-0.1, -0.05) is 72.8 Å². The molecular formula is C20H20ClN. The number of alkyl halides is 1. The molecule has 0 spiro atoms. The van der Waals surface area contributed by atoms with Crippen LogP contribution in [0, 0.1) is 0 Å². The summed E-state index contributed by atoms with van der Waals surface area (Å²) in [5.41, 5.74) is 2.44. The highest BCUT2D eigenvalue weighted by Gasteiger charge is 2.22. The first-order valence-electron chi connectivity index (χ1n) is 7.62. The molecule has 0 aliphatic heterocycles. The van der Waals surface area contributed by atoms with Gasteiger partial charge in [-0.05, 0) is 28.9 Å². The zero-order valence-corrected chi connectivity index (χ0v) is 13.4. The Balaban J connectivity index is 1.98. The molecule has 0 saturated carbocycles. The first-order valence-corrected chi connectivity index (χ1v) is 8.05. The smallest absolute Gasteiger partial charge is 0.0665 e. The fourth-order valence-electron chi connectivity index (χ4n) is 2.92. The van der Waals surface area contributed by atoms with E-state index in [0.717, 1.165) is 12.1 Å². The SMILES string of the molecule is CNCC(c1ccc2ccccc2c1)[C@H](Cl)c1ccccc1. The van der Waals surface area contributed by atoms with Crippen molar-refractivity contribution >= 4 is 22.4 Å². The molecule has 22 heavy (non-hydrogen) atoms. The van der Waals surface area contributed by atoms with E-state index in [2.05, 4.69) is 59.9 Å². The Morgan fingerprint density at radius 1 is 0.818 bits per heavy atom. The third-order valence-electron chi connectivity index (χ3n) is 4.10. The zero-order chi connectivity index (χ0) is 15.4. The second-order valence-corrected chi connectivity index (χ2v) is 6.05. The minimum absolute atomic E-state index is 0.0465. The van der Waals surface area contributed by atoms with E-state index >= 15 is 0 Å². The number of likely N-dealkylation sites (N-methyl/N-ethyl adjacent to an activating group) is 1. The molecule has 0 bridgehead atoms. The summed E-state index contributed by atoms with van der Waals surface area (Å²) in [6, 6.07) is 25.4. The Bertz CT molecular complexity index is 739. The molecule has 2 atom stereocenters. The summed E-state index contributed by atoms with van der Waals surface area (Å²) in [4.78, 5) is 0. The zero-order valence-electron chi connectivity index (χ0n) is 12.7. The van der Waals surface area contributed by atoms with E-state index in [1.54, 1.807) is 0 Å². The molecule has 0 heterocycles. The van der Waals surface area contributed by atoms with Crippen LogP contribution >= 0.6 is 11.6 Å². The van der Waals surface area contributed by atoms with Crippen LogP contribution in [0.15, 0.2) is 72.8 Å². The Morgan fingerprint density at radius 2 is 1.50 bits per heavy atom. The predicted molar refractivity (Wildman–Crippen MR) is 95.7 cm³/mol. The van der Waals surface area contributed by atoms with Crippen molar-refractivity contribution in [3.05, 3.63) is 83.9 Å². The number of benzene rings is 3. The van der Waals surface area contributed by atoms with E-state index in [1.807, 2.05) is 25.2 Å². The van der Waals surface area contributed by atoms with Crippen LogP contribution in [-0.2, 0) is 0 Å². The van der Waals surface area contributed by atoms with E-state index < -0.39 is 0 Å². The summed E-state index contributed by atoms with van der Waals surface area (Å²) in [5.74, 6) is 0.235. The van der Waals surface area contributed by atoms with Crippen LogP contribution in [0.25, 0.3) is 10.8 Å². The minimum Gasteiger partial charge on any atom is -0.319 e. The summed E-state index contributed by atoms with van der Waals surface area (Å²) in [6.45, 7) is 0.849. The number of rotatable bonds is 5. The highest BCUT2D eigenvalue weighted by molar-refractivity contribution is 6.21. The van der Waals surface area contributed by atoms with Crippen molar-refractivity contribution in [2.75, 3.05) is 13.6 Å². The topological polar surface area (TPSA) is 12.0 Å². The van der Waals surface area contributed by atoms with Crippen molar-refractivity contribution in [2.45, 2.75) is 11.3 Å². The molecule has 3 aromatic rings. The number of hydrogen-bond donors (Lipinski definition) is 1. The number of nitrogens with one attached hydrogen (secondary N) is 1. The van der Waals surface area contributed by atoms with Crippen molar-refractivity contribution in [3.63, 3.8) is 0 Å². The molecule has 2 heteroatoms. The van der Waals surface area contributed by atoms with Crippen molar-refractivity contribution in [3.8, 4) is 0 Å². The van der Waals surface area contributed by atoms with Gasteiger partial charge >= 0.3 is 0 Å². The lowest BCUT2D eigenvalue weighted by Gasteiger charge is -2.23. The summed E-state index contributed by atoms with van der Waals surface area (Å²) in [5, 5.41) is 5.76. The van der Waals surface area contributed by atoms with Crippen LogP contribution in [0.3, 0.4) is 0 Å². The van der Waals surface area contributed by atoms with Crippen LogP contribution in [0.1, 0.15) is 22.4 Å². The van der Waals surface area contributed by atoms with Gasteiger partial charge in [0.05, 0.1) is 5.38 Å². The second kappa shape index (κ2) is 6.95. The molecule has 0 saturated heterocycles. The third-order valence-corrected chi connectivity index (χ3v) is 4.65. The predicted octanol–water partition coefficient (Wildman–Crippen LogP) is 5.12. The van der Waals surface area contributed by atoms with E-state index in [0.29, 0.717) is 0 Å². The van der Waals surface area contributed by atoms with Crippen LogP contribution in [0.2, 0.25) is 0 Å². The number of fused-ring (bicyclic) bond motifs is 1. The molecule has 0 amide bonds. The highest BCUT2D eigenvalue weighted by Crippen LogP contribution is 2.36. The maximum atomic E-state index is 6.80. The molecule has 3 rings (SSSR count). The lowest BCUT2D eigenvalue weighted by atomic mass is 9.90. The van der Waals surface area contributed by atoms with Crippen LogP contribution < -0.4 is 5.32 Å². The van der Waals surface area contributed by atoms with Gasteiger partial charge in [0.25, 0.3) is 0 Å². The summed E-state index contributed by atoms with van der Waals surface area (Å²) in [6.07, 6.45) is 0. The third kappa shape index (κ3) is 3.16. The Labute approximate surface area is 136 Å². The van der Waals surface area contributed by atoms with Gasteiger partial charge in [-0.3, -0.25) is 0 Å². The molecule has 3 aromatic carbocycles. The molecule has 0 aliphatic rings. The Hall–Kier alpha value is -1.83. The van der Waals surface area contributed by atoms with E-state index in [9.17, 15) is 0 Å². The lowest BCUT2D eigenvalue weighted by molar-refractivity contribution is 0.611. The molecule has 1 unspecified atom stereocenters. The maximum absolute atomic E-state index is 6.80. The quantitative estimate of drug-likeness (QED) is 0.645. The van der Waals surface area contributed by atoms with Gasteiger partial charge in [-0.2, -0.15) is 0 Å². The summed E-state index contributed by atoms with van der Waals surface area (Å²) < 4.78 is 0. The van der Waals surface area contributed by atoms with Gasteiger partial charge in [0.15, 0.2) is 0 Å². The van der Waals surface area contributed by atoms with Gasteiger partial charge in [0.1, 0.15) is 0 Å². The molecular weight excluding hydrogens is 290 g/mol. The second-order valence-electron chi connectivity index (χ2n) is 5.58.